The van der Waals surface area contributed by atoms with Crippen molar-refractivity contribution in [3.8, 4) is 11.8 Å². The Bertz CT molecular complexity index is 642. The van der Waals surface area contributed by atoms with E-state index in [-0.39, 0.29) is 11.6 Å². The molecule has 0 unspecified atom stereocenters. The molecule has 0 aliphatic carbocycles. The Balaban J connectivity index is 2.49. The van der Waals surface area contributed by atoms with Crippen molar-refractivity contribution < 1.29 is 4.79 Å². The molecule has 0 radical (unpaired) electrons. The SMILES string of the molecule is CNC(=O)c1ccn(-c2cc(Cl)ccc2C#N)n1. The van der Waals surface area contributed by atoms with Crippen molar-refractivity contribution in [2.75, 3.05) is 7.05 Å². The van der Waals surface area contributed by atoms with Crippen LogP contribution >= 0.6 is 11.6 Å². The number of nitriles is 1. The van der Waals surface area contributed by atoms with Crippen molar-refractivity contribution in [2.24, 2.45) is 0 Å². The van der Waals surface area contributed by atoms with Gasteiger partial charge >= 0.3 is 0 Å². The number of benzene rings is 1. The van der Waals surface area contributed by atoms with Crippen LogP contribution in [0.3, 0.4) is 0 Å². The molecular weight excluding hydrogens is 252 g/mol. The quantitative estimate of drug-likeness (QED) is 0.894. The molecule has 18 heavy (non-hydrogen) atoms. The van der Waals surface area contributed by atoms with Gasteiger partial charge in [-0.05, 0) is 24.3 Å². The monoisotopic (exact) mass is 260 g/mol. The zero-order valence-corrected chi connectivity index (χ0v) is 10.3. The maximum absolute atomic E-state index is 11.4. The minimum absolute atomic E-state index is 0.279. The van der Waals surface area contributed by atoms with Crippen molar-refractivity contribution >= 4 is 17.5 Å². The maximum Gasteiger partial charge on any atom is 0.271 e. The average molecular weight is 261 g/mol. The number of hydrogen-bond acceptors (Lipinski definition) is 3. The summed E-state index contributed by atoms with van der Waals surface area (Å²) in [7, 11) is 1.53. The number of carbonyl (C=O) groups is 1. The lowest BCUT2D eigenvalue weighted by molar-refractivity contribution is 0.0957. The van der Waals surface area contributed by atoms with Gasteiger partial charge in [0.25, 0.3) is 5.91 Å². The highest BCUT2D eigenvalue weighted by Gasteiger charge is 2.10. The van der Waals surface area contributed by atoms with Gasteiger partial charge in [0.05, 0.1) is 11.3 Å². The van der Waals surface area contributed by atoms with Gasteiger partial charge in [-0.25, -0.2) is 4.68 Å². The zero-order valence-electron chi connectivity index (χ0n) is 9.51. The molecule has 6 heteroatoms. The van der Waals surface area contributed by atoms with Gasteiger partial charge < -0.3 is 5.32 Å². The van der Waals surface area contributed by atoms with E-state index in [0.29, 0.717) is 16.3 Å². The van der Waals surface area contributed by atoms with Gasteiger partial charge in [-0.2, -0.15) is 10.4 Å². The smallest absolute Gasteiger partial charge is 0.271 e. The first kappa shape index (κ1) is 12.1. The number of rotatable bonds is 2. The van der Waals surface area contributed by atoms with Crippen LogP contribution in [-0.2, 0) is 0 Å². The Morgan fingerprint density at radius 2 is 2.28 bits per heavy atom. The Kier molecular flexibility index (Phi) is 3.31. The van der Waals surface area contributed by atoms with Crippen LogP contribution in [0.25, 0.3) is 5.69 Å². The first-order valence-electron chi connectivity index (χ1n) is 5.13. The first-order valence-corrected chi connectivity index (χ1v) is 5.51. The second-order valence-corrected chi connectivity index (χ2v) is 3.93. The molecule has 5 nitrogen and oxygen atoms in total. The highest BCUT2D eigenvalue weighted by molar-refractivity contribution is 6.30. The number of halogens is 1. The number of nitrogens with one attached hydrogen (secondary N) is 1. The number of carbonyl (C=O) groups excluding carboxylic acids is 1. The van der Waals surface area contributed by atoms with Crippen LogP contribution in [0.2, 0.25) is 5.02 Å². The third kappa shape index (κ3) is 2.19. The predicted octanol–water partition coefficient (Wildman–Crippen LogP) is 1.76. The minimum Gasteiger partial charge on any atom is -0.354 e. The minimum atomic E-state index is -0.283. The van der Waals surface area contributed by atoms with Crippen LogP contribution in [0.5, 0.6) is 0 Å². The summed E-state index contributed by atoms with van der Waals surface area (Å²) in [5, 5.41) is 16.1. The van der Waals surface area contributed by atoms with E-state index in [1.54, 1.807) is 30.5 Å². The van der Waals surface area contributed by atoms with Gasteiger partial charge in [-0.3, -0.25) is 4.79 Å². The lowest BCUT2D eigenvalue weighted by Crippen LogP contribution is -2.18. The van der Waals surface area contributed by atoms with Crippen LogP contribution in [0, 0.1) is 11.3 Å². The summed E-state index contributed by atoms with van der Waals surface area (Å²) in [5.74, 6) is -0.283. The third-order valence-corrected chi connectivity index (χ3v) is 2.61. The molecule has 0 atom stereocenters. The Labute approximate surface area is 109 Å². The number of amides is 1. The predicted molar refractivity (Wildman–Crippen MR) is 66.7 cm³/mol. The highest BCUT2D eigenvalue weighted by atomic mass is 35.5. The van der Waals surface area contributed by atoms with Crippen molar-refractivity contribution in [1.82, 2.24) is 15.1 Å². The van der Waals surface area contributed by atoms with E-state index in [1.807, 2.05) is 0 Å². The fraction of sp³-hybridized carbons (Fsp3) is 0.0833. The molecule has 1 aromatic carbocycles. The van der Waals surface area contributed by atoms with Crippen LogP contribution in [0.4, 0.5) is 0 Å². The fourth-order valence-corrected chi connectivity index (χ4v) is 1.66. The van der Waals surface area contributed by atoms with Gasteiger partial charge in [0, 0.05) is 18.3 Å². The molecular formula is C12H9ClN4O. The summed E-state index contributed by atoms with van der Waals surface area (Å²) in [4.78, 5) is 11.4. The van der Waals surface area contributed by atoms with Gasteiger partial charge in [0.2, 0.25) is 0 Å². The van der Waals surface area contributed by atoms with E-state index in [4.69, 9.17) is 16.9 Å². The van der Waals surface area contributed by atoms with E-state index < -0.39 is 0 Å². The largest absolute Gasteiger partial charge is 0.354 e. The van der Waals surface area contributed by atoms with Crippen molar-refractivity contribution in [2.45, 2.75) is 0 Å². The molecule has 0 aliphatic rings. The van der Waals surface area contributed by atoms with Crippen LogP contribution < -0.4 is 5.32 Å². The molecule has 1 aromatic heterocycles. The molecule has 1 N–H and O–H groups in total. The second-order valence-electron chi connectivity index (χ2n) is 3.50. The maximum atomic E-state index is 11.4. The van der Waals surface area contributed by atoms with Crippen LogP contribution in [0.15, 0.2) is 30.5 Å². The first-order chi connectivity index (χ1) is 8.65. The van der Waals surface area contributed by atoms with E-state index in [2.05, 4.69) is 16.5 Å². The van der Waals surface area contributed by atoms with Crippen molar-refractivity contribution in [3.05, 3.63) is 46.7 Å². The molecule has 0 bridgehead atoms. The molecule has 0 aliphatic heterocycles. The molecule has 90 valence electrons. The number of nitrogens with zero attached hydrogens (tertiary/aromatic N) is 3. The van der Waals surface area contributed by atoms with E-state index in [1.165, 1.54) is 11.7 Å². The summed E-state index contributed by atoms with van der Waals surface area (Å²) >= 11 is 5.89. The molecule has 0 saturated heterocycles. The van der Waals surface area contributed by atoms with Gasteiger partial charge in [-0.1, -0.05) is 11.6 Å². The van der Waals surface area contributed by atoms with E-state index in [9.17, 15) is 4.79 Å². The third-order valence-electron chi connectivity index (χ3n) is 2.38. The molecule has 0 spiro atoms. The molecule has 1 heterocycles. The number of hydrogen-bond donors (Lipinski definition) is 1. The summed E-state index contributed by atoms with van der Waals surface area (Å²) in [6, 6.07) is 8.49. The Hall–Kier alpha value is -2.32. The summed E-state index contributed by atoms with van der Waals surface area (Å²) in [5.41, 5.74) is 1.26. The van der Waals surface area contributed by atoms with E-state index >= 15 is 0 Å². The standard InChI is InChI=1S/C12H9ClN4O/c1-15-12(18)10-4-5-17(16-10)11-6-9(13)3-2-8(11)7-14/h2-6H,1H3,(H,15,18). The Morgan fingerprint density at radius 1 is 1.50 bits per heavy atom. The van der Waals surface area contributed by atoms with Crippen molar-refractivity contribution in [3.63, 3.8) is 0 Å². The van der Waals surface area contributed by atoms with Crippen LogP contribution in [-0.4, -0.2) is 22.7 Å². The summed E-state index contributed by atoms with van der Waals surface area (Å²) in [6.45, 7) is 0. The van der Waals surface area contributed by atoms with Crippen molar-refractivity contribution in [1.29, 1.82) is 5.26 Å². The summed E-state index contributed by atoms with van der Waals surface area (Å²) in [6.07, 6.45) is 1.61. The average Bonchev–Trinajstić information content (AvgIpc) is 2.87. The zero-order chi connectivity index (χ0) is 13.1. The lowest BCUT2D eigenvalue weighted by Gasteiger charge is -2.04. The molecule has 2 rings (SSSR count). The normalized spacial score (nSPS) is 9.83. The number of aromatic nitrogens is 2. The highest BCUT2D eigenvalue weighted by Crippen LogP contribution is 2.19. The molecule has 2 aromatic rings. The van der Waals surface area contributed by atoms with E-state index in [0.717, 1.165) is 0 Å². The molecule has 1 amide bonds. The van der Waals surface area contributed by atoms with Crippen LogP contribution in [0.1, 0.15) is 16.1 Å². The topological polar surface area (TPSA) is 70.7 Å². The summed E-state index contributed by atoms with van der Waals surface area (Å²) < 4.78 is 1.45. The fourth-order valence-electron chi connectivity index (χ4n) is 1.50. The van der Waals surface area contributed by atoms with Gasteiger partial charge in [0.15, 0.2) is 5.69 Å². The van der Waals surface area contributed by atoms with Gasteiger partial charge in [0.1, 0.15) is 6.07 Å². The molecule has 0 fully saturated rings. The van der Waals surface area contributed by atoms with Gasteiger partial charge in [-0.15, -0.1) is 0 Å². The lowest BCUT2D eigenvalue weighted by atomic mass is 10.2. The molecule has 0 saturated carbocycles. The second kappa shape index (κ2) is 4.90. The Morgan fingerprint density at radius 3 is 2.94 bits per heavy atom.